The highest BCUT2D eigenvalue weighted by molar-refractivity contribution is 7.88. The molecule has 2 aromatic rings. The standard InChI is InChI=1S/C13H18N4O2S/c1-20(18,19)16-10-5-4-8-17(9-10)13-14-11-6-2-3-7-12(11)15-13/h2-3,6-7,10,16H,4-5,8-9H2,1H3,(H,14,15)/t10-/m0/s1. The van der Waals surface area contributed by atoms with E-state index in [4.69, 9.17) is 0 Å². The van der Waals surface area contributed by atoms with Gasteiger partial charge in [0.1, 0.15) is 0 Å². The normalized spacial score (nSPS) is 20.4. The molecule has 0 spiro atoms. The summed E-state index contributed by atoms with van der Waals surface area (Å²) in [5.41, 5.74) is 1.93. The third-order valence-corrected chi connectivity index (χ3v) is 4.24. The number of nitrogens with zero attached hydrogens (tertiary/aromatic N) is 2. The average Bonchev–Trinajstić information content (AvgIpc) is 2.80. The molecule has 3 rings (SSSR count). The fraction of sp³-hybridized carbons (Fsp3) is 0.462. The molecule has 1 aromatic carbocycles. The zero-order valence-electron chi connectivity index (χ0n) is 11.3. The molecule has 0 radical (unpaired) electrons. The number of anilines is 1. The van der Waals surface area contributed by atoms with Crippen molar-refractivity contribution in [3.8, 4) is 0 Å². The van der Waals surface area contributed by atoms with Gasteiger partial charge in [0.25, 0.3) is 0 Å². The first-order valence-corrected chi connectivity index (χ1v) is 8.57. The van der Waals surface area contributed by atoms with Gasteiger partial charge in [0.2, 0.25) is 16.0 Å². The Labute approximate surface area is 118 Å². The highest BCUT2D eigenvalue weighted by atomic mass is 32.2. The monoisotopic (exact) mass is 294 g/mol. The molecule has 6 nitrogen and oxygen atoms in total. The van der Waals surface area contributed by atoms with Crippen molar-refractivity contribution < 1.29 is 8.42 Å². The van der Waals surface area contributed by atoms with Crippen LogP contribution in [0.15, 0.2) is 24.3 Å². The van der Waals surface area contributed by atoms with E-state index in [1.807, 2.05) is 24.3 Å². The first kappa shape index (κ1) is 13.4. The smallest absolute Gasteiger partial charge is 0.209 e. The second-order valence-electron chi connectivity index (χ2n) is 5.25. The number of H-pyrrole nitrogens is 1. The van der Waals surface area contributed by atoms with Gasteiger partial charge in [0.15, 0.2) is 0 Å². The second-order valence-corrected chi connectivity index (χ2v) is 7.03. The first-order chi connectivity index (χ1) is 9.51. The van der Waals surface area contributed by atoms with Crippen LogP contribution in [-0.4, -0.2) is 43.8 Å². The quantitative estimate of drug-likeness (QED) is 0.888. The summed E-state index contributed by atoms with van der Waals surface area (Å²) in [4.78, 5) is 9.95. The summed E-state index contributed by atoms with van der Waals surface area (Å²) in [6.45, 7) is 1.54. The van der Waals surface area contributed by atoms with E-state index in [2.05, 4.69) is 19.6 Å². The number of nitrogens with one attached hydrogen (secondary N) is 2. The van der Waals surface area contributed by atoms with Crippen LogP contribution in [0.25, 0.3) is 11.0 Å². The lowest BCUT2D eigenvalue weighted by atomic mass is 10.1. The Morgan fingerprint density at radius 2 is 2.20 bits per heavy atom. The topological polar surface area (TPSA) is 78.1 Å². The molecule has 0 amide bonds. The number of aromatic amines is 1. The Bertz CT molecular complexity index is 677. The molecule has 0 saturated carbocycles. The number of para-hydroxylation sites is 2. The lowest BCUT2D eigenvalue weighted by Crippen LogP contribution is -2.47. The number of fused-ring (bicyclic) bond motifs is 1. The fourth-order valence-corrected chi connectivity index (χ4v) is 3.46. The maximum atomic E-state index is 11.3. The Balaban J connectivity index is 1.79. The van der Waals surface area contributed by atoms with Crippen LogP contribution in [0, 0.1) is 0 Å². The van der Waals surface area contributed by atoms with Crippen LogP contribution in [0.4, 0.5) is 5.95 Å². The Morgan fingerprint density at radius 3 is 2.95 bits per heavy atom. The number of rotatable bonds is 3. The van der Waals surface area contributed by atoms with Crippen molar-refractivity contribution in [2.75, 3.05) is 24.2 Å². The van der Waals surface area contributed by atoms with E-state index in [0.717, 1.165) is 36.4 Å². The van der Waals surface area contributed by atoms with E-state index in [9.17, 15) is 8.42 Å². The molecule has 0 bridgehead atoms. The number of benzene rings is 1. The molecule has 1 aliphatic rings. The maximum Gasteiger partial charge on any atom is 0.209 e. The number of imidazole rings is 1. The van der Waals surface area contributed by atoms with E-state index in [1.165, 1.54) is 6.26 Å². The Morgan fingerprint density at radius 1 is 1.40 bits per heavy atom. The summed E-state index contributed by atoms with van der Waals surface area (Å²) in [6.07, 6.45) is 3.02. The lowest BCUT2D eigenvalue weighted by molar-refractivity contribution is 0.464. The molecular formula is C13H18N4O2S. The first-order valence-electron chi connectivity index (χ1n) is 6.68. The van der Waals surface area contributed by atoms with Crippen LogP contribution in [0.2, 0.25) is 0 Å². The van der Waals surface area contributed by atoms with Crippen molar-refractivity contribution in [3.05, 3.63) is 24.3 Å². The minimum Gasteiger partial charge on any atom is -0.341 e. The van der Waals surface area contributed by atoms with E-state index < -0.39 is 10.0 Å². The Hall–Kier alpha value is -1.60. The van der Waals surface area contributed by atoms with Crippen molar-refractivity contribution >= 4 is 27.0 Å². The molecule has 2 heterocycles. The van der Waals surface area contributed by atoms with Crippen LogP contribution >= 0.6 is 0 Å². The van der Waals surface area contributed by atoms with Crippen molar-refractivity contribution in [2.24, 2.45) is 0 Å². The van der Waals surface area contributed by atoms with Gasteiger partial charge in [-0.3, -0.25) is 0 Å². The van der Waals surface area contributed by atoms with Gasteiger partial charge < -0.3 is 9.88 Å². The van der Waals surface area contributed by atoms with E-state index in [0.29, 0.717) is 6.54 Å². The number of piperidine rings is 1. The van der Waals surface area contributed by atoms with Crippen LogP contribution in [0.1, 0.15) is 12.8 Å². The van der Waals surface area contributed by atoms with Crippen LogP contribution in [0.3, 0.4) is 0 Å². The fourth-order valence-electron chi connectivity index (χ4n) is 2.66. The molecule has 1 aromatic heterocycles. The molecule has 1 fully saturated rings. The molecule has 2 N–H and O–H groups in total. The third kappa shape index (κ3) is 2.94. The zero-order valence-corrected chi connectivity index (χ0v) is 12.2. The summed E-state index contributed by atoms with van der Waals surface area (Å²) in [5.74, 6) is 0.811. The van der Waals surface area contributed by atoms with Crippen molar-refractivity contribution in [2.45, 2.75) is 18.9 Å². The molecule has 1 atom stereocenters. The summed E-state index contributed by atoms with van der Waals surface area (Å²) in [7, 11) is -3.16. The van der Waals surface area contributed by atoms with Crippen LogP contribution in [-0.2, 0) is 10.0 Å². The molecule has 1 saturated heterocycles. The number of aromatic nitrogens is 2. The van der Waals surface area contributed by atoms with E-state index in [-0.39, 0.29) is 6.04 Å². The molecule has 0 unspecified atom stereocenters. The van der Waals surface area contributed by atoms with Gasteiger partial charge in [0.05, 0.1) is 17.3 Å². The predicted octanol–water partition coefficient (Wildman–Crippen LogP) is 1.08. The molecule has 7 heteroatoms. The van der Waals surface area contributed by atoms with Gasteiger partial charge in [-0.2, -0.15) is 0 Å². The van der Waals surface area contributed by atoms with Gasteiger partial charge in [-0.05, 0) is 25.0 Å². The molecule has 1 aliphatic heterocycles. The molecule has 108 valence electrons. The third-order valence-electron chi connectivity index (χ3n) is 3.48. The van der Waals surface area contributed by atoms with Crippen molar-refractivity contribution in [1.82, 2.24) is 14.7 Å². The lowest BCUT2D eigenvalue weighted by Gasteiger charge is -2.32. The summed E-state index contributed by atoms with van der Waals surface area (Å²) < 4.78 is 25.3. The minimum absolute atomic E-state index is 0.0491. The SMILES string of the molecule is CS(=O)(=O)N[C@H]1CCCN(c2nc3ccccc3[nH]2)C1. The highest BCUT2D eigenvalue weighted by Gasteiger charge is 2.24. The molecular weight excluding hydrogens is 276 g/mol. The summed E-state index contributed by atoms with van der Waals surface area (Å²) in [5, 5.41) is 0. The van der Waals surface area contributed by atoms with Gasteiger partial charge in [0, 0.05) is 19.1 Å². The van der Waals surface area contributed by atoms with E-state index >= 15 is 0 Å². The van der Waals surface area contributed by atoms with Gasteiger partial charge >= 0.3 is 0 Å². The van der Waals surface area contributed by atoms with E-state index in [1.54, 1.807) is 0 Å². The largest absolute Gasteiger partial charge is 0.341 e. The van der Waals surface area contributed by atoms with Gasteiger partial charge in [-0.1, -0.05) is 12.1 Å². The zero-order chi connectivity index (χ0) is 14.2. The summed E-state index contributed by atoms with van der Waals surface area (Å²) in [6, 6.07) is 7.83. The number of sulfonamides is 1. The highest BCUT2D eigenvalue weighted by Crippen LogP contribution is 2.20. The van der Waals surface area contributed by atoms with Gasteiger partial charge in [-0.15, -0.1) is 0 Å². The van der Waals surface area contributed by atoms with Crippen LogP contribution < -0.4 is 9.62 Å². The van der Waals surface area contributed by atoms with Crippen molar-refractivity contribution in [1.29, 1.82) is 0 Å². The number of hydrogen-bond acceptors (Lipinski definition) is 4. The predicted molar refractivity (Wildman–Crippen MR) is 79.3 cm³/mol. The molecule has 0 aliphatic carbocycles. The van der Waals surface area contributed by atoms with Crippen LogP contribution in [0.5, 0.6) is 0 Å². The molecule has 20 heavy (non-hydrogen) atoms. The van der Waals surface area contributed by atoms with Gasteiger partial charge in [-0.25, -0.2) is 18.1 Å². The number of hydrogen-bond donors (Lipinski definition) is 2. The average molecular weight is 294 g/mol. The Kier molecular flexibility index (Phi) is 3.39. The second kappa shape index (κ2) is 5.06. The van der Waals surface area contributed by atoms with Crippen molar-refractivity contribution in [3.63, 3.8) is 0 Å². The minimum atomic E-state index is -3.16. The summed E-state index contributed by atoms with van der Waals surface area (Å²) >= 11 is 0. The maximum absolute atomic E-state index is 11.3.